The van der Waals surface area contributed by atoms with Crippen molar-refractivity contribution in [1.82, 2.24) is 10.2 Å². The molecule has 0 bridgehead atoms. The fourth-order valence-corrected chi connectivity index (χ4v) is 7.10. The number of carbonyl (C=O) groups excluding carboxylic acids is 5. The number of benzene rings is 2. The van der Waals surface area contributed by atoms with Crippen molar-refractivity contribution in [2.24, 2.45) is 0 Å². The molecule has 0 aromatic heterocycles. The van der Waals surface area contributed by atoms with Gasteiger partial charge in [-0.3, -0.25) is 28.9 Å². The van der Waals surface area contributed by atoms with Crippen LogP contribution in [0.15, 0.2) is 18.2 Å². The lowest BCUT2D eigenvalue weighted by molar-refractivity contribution is -0.223. The maximum Gasteiger partial charge on any atom is 0.252 e. The minimum Gasteiger partial charge on any atom is -0.507 e. The van der Waals surface area contributed by atoms with Crippen LogP contribution >= 0.6 is 12.6 Å². The van der Waals surface area contributed by atoms with E-state index in [4.69, 9.17) is 14.2 Å². The van der Waals surface area contributed by atoms with E-state index in [2.05, 4.69) is 17.9 Å². The molecule has 46 heavy (non-hydrogen) atoms. The lowest BCUT2D eigenvalue weighted by Gasteiger charge is -2.40. The molecule has 244 valence electrons. The lowest BCUT2D eigenvalue weighted by Crippen LogP contribution is -2.53. The van der Waals surface area contributed by atoms with E-state index in [0.717, 1.165) is 17.7 Å². The summed E-state index contributed by atoms with van der Waals surface area (Å²) >= 11 is 4.09. The highest BCUT2D eigenvalue weighted by Gasteiger charge is 2.50. The number of aliphatic hydroxyl groups is 1. The Morgan fingerprint density at radius 3 is 2.52 bits per heavy atom. The van der Waals surface area contributed by atoms with E-state index in [1.54, 1.807) is 0 Å². The number of aromatic hydroxyl groups is 2. The van der Waals surface area contributed by atoms with E-state index in [1.807, 2.05) is 6.92 Å². The van der Waals surface area contributed by atoms with Gasteiger partial charge in [-0.15, -0.1) is 0 Å². The van der Waals surface area contributed by atoms with E-state index in [1.165, 1.54) is 25.3 Å². The van der Waals surface area contributed by atoms with Gasteiger partial charge in [-0.1, -0.05) is 12.1 Å². The van der Waals surface area contributed by atoms with E-state index in [-0.39, 0.29) is 53.6 Å². The Hall–Kier alpha value is -3.98. The number of imide groups is 1. The van der Waals surface area contributed by atoms with E-state index < -0.39 is 88.0 Å². The summed E-state index contributed by atoms with van der Waals surface area (Å²) in [6.45, 7) is 1.56. The second-order valence-corrected chi connectivity index (χ2v) is 12.7. The lowest BCUT2D eigenvalue weighted by atomic mass is 9.72. The van der Waals surface area contributed by atoms with E-state index in [0.29, 0.717) is 6.42 Å². The first-order valence-corrected chi connectivity index (χ1v) is 15.6. The molecule has 0 spiro atoms. The van der Waals surface area contributed by atoms with Crippen LogP contribution in [0.5, 0.6) is 17.2 Å². The molecule has 2 fully saturated rings. The summed E-state index contributed by atoms with van der Waals surface area (Å²) in [5, 5.41) is 36.8. The van der Waals surface area contributed by atoms with Gasteiger partial charge in [0.15, 0.2) is 12.1 Å². The molecule has 13 nitrogen and oxygen atoms in total. The molecule has 4 N–H and O–H groups in total. The van der Waals surface area contributed by atoms with Crippen LogP contribution in [0, 0.1) is 0 Å². The Labute approximate surface area is 269 Å². The average molecular weight is 655 g/mol. The van der Waals surface area contributed by atoms with Gasteiger partial charge in [0, 0.05) is 49.0 Å². The van der Waals surface area contributed by atoms with Crippen LogP contribution in [0.2, 0.25) is 0 Å². The average Bonchev–Trinajstić information content (AvgIpc) is 3.26. The molecule has 2 aromatic carbocycles. The third kappa shape index (κ3) is 5.22. The molecule has 2 aliphatic heterocycles. The standard InChI is InChI=1S/C32H34N2O11S/c1-14-5-3-8-21(44-14)45-18-13-32(42,31(41)33-9-10-34-20(35)11-19(46)30(34)40)12-16-23(18)29(39)25-24(27(16)37)26(36)15-6-4-7-17(43-2)22(15)28(25)38/h4,6-7,14,18-19,21,37,39,42,46H,3,5,8-13H2,1-2H3,(H,33,41)/t14-,18-,19?,21-,32-/m0/s1. The summed E-state index contributed by atoms with van der Waals surface area (Å²) in [7, 11) is 1.34. The fourth-order valence-electron chi connectivity index (χ4n) is 6.80. The number of amides is 3. The Bertz CT molecular complexity index is 1680. The molecule has 6 rings (SSSR count). The molecule has 2 saturated heterocycles. The summed E-state index contributed by atoms with van der Waals surface area (Å²) in [5.41, 5.74) is -3.40. The monoisotopic (exact) mass is 654 g/mol. The first kappa shape index (κ1) is 32.0. The molecular formula is C32H34N2O11S. The van der Waals surface area contributed by atoms with Crippen LogP contribution in [-0.4, -0.2) is 93.0 Å². The molecule has 0 radical (unpaired) electrons. The largest absolute Gasteiger partial charge is 0.507 e. The number of hydrogen-bond acceptors (Lipinski definition) is 12. The zero-order valence-corrected chi connectivity index (χ0v) is 26.1. The van der Waals surface area contributed by atoms with E-state index >= 15 is 0 Å². The van der Waals surface area contributed by atoms with Gasteiger partial charge in [0.1, 0.15) is 22.8 Å². The number of hydrogen-bond donors (Lipinski definition) is 5. The molecular weight excluding hydrogens is 620 g/mol. The minimum absolute atomic E-state index is 0.0388. The molecule has 14 heteroatoms. The number of fused-ring (bicyclic) bond motifs is 3. The van der Waals surface area contributed by atoms with Gasteiger partial charge in [-0.05, 0) is 32.3 Å². The number of ketones is 2. The Balaban J connectivity index is 1.38. The maximum absolute atomic E-state index is 13.8. The molecule has 2 aliphatic carbocycles. The van der Waals surface area contributed by atoms with Crippen LogP contribution < -0.4 is 10.1 Å². The SMILES string of the molecule is COc1cccc2c1C(=O)c1c(O)c3c(c(O)c1C2=O)C[C@@](O)(C(=O)NCCN1C(=O)CC(S)C1=O)C[C@@H]3O[C@H]1CCC[C@H](C)O1. The second-order valence-electron chi connectivity index (χ2n) is 12.1. The highest BCUT2D eigenvalue weighted by atomic mass is 32.1. The summed E-state index contributed by atoms with van der Waals surface area (Å²) in [5.74, 6) is -4.45. The van der Waals surface area contributed by atoms with Crippen molar-refractivity contribution in [3.63, 3.8) is 0 Å². The topological polar surface area (TPSA) is 189 Å². The van der Waals surface area contributed by atoms with Gasteiger partial charge in [0.2, 0.25) is 17.6 Å². The smallest absolute Gasteiger partial charge is 0.252 e. The van der Waals surface area contributed by atoms with Gasteiger partial charge in [0.25, 0.3) is 5.91 Å². The number of thiol groups is 1. The second kappa shape index (κ2) is 12.0. The molecule has 1 unspecified atom stereocenters. The van der Waals surface area contributed by atoms with Crippen LogP contribution in [0.3, 0.4) is 0 Å². The van der Waals surface area contributed by atoms with Gasteiger partial charge in [0.05, 0.1) is 41.3 Å². The van der Waals surface area contributed by atoms with Crippen LogP contribution in [-0.2, 0) is 30.3 Å². The Kier molecular flexibility index (Phi) is 8.34. The zero-order valence-electron chi connectivity index (χ0n) is 25.2. The highest BCUT2D eigenvalue weighted by Crippen LogP contribution is 2.52. The van der Waals surface area contributed by atoms with Crippen LogP contribution in [0.1, 0.15) is 88.1 Å². The van der Waals surface area contributed by atoms with Crippen molar-refractivity contribution in [2.75, 3.05) is 20.2 Å². The molecule has 2 heterocycles. The number of phenolic OH excluding ortho intramolecular Hbond substituents is 2. The number of ether oxygens (including phenoxy) is 3. The third-order valence-corrected chi connectivity index (χ3v) is 9.49. The van der Waals surface area contributed by atoms with Gasteiger partial charge in [-0.2, -0.15) is 12.6 Å². The van der Waals surface area contributed by atoms with E-state index in [9.17, 15) is 39.3 Å². The van der Waals surface area contributed by atoms with Gasteiger partial charge >= 0.3 is 0 Å². The predicted octanol–water partition coefficient (Wildman–Crippen LogP) is 1.71. The summed E-state index contributed by atoms with van der Waals surface area (Å²) in [6.07, 6.45) is -1.16. The van der Waals surface area contributed by atoms with Gasteiger partial charge in [-0.25, -0.2) is 0 Å². The molecule has 2 aromatic rings. The molecule has 0 saturated carbocycles. The first-order chi connectivity index (χ1) is 21.9. The highest BCUT2D eigenvalue weighted by molar-refractivity contribution is 7.81. The minimum atomic E-state index is -2.23. The van der Waals surface area contributed by atoms with Gasteiger partial charge < -0.3 is 34.8 Å². The van der Waals surface area contributed by atoms with Crippen molar-refractivity contribution in [3.05, 3.63) is 51.6 Å². The number of nitrogens with one attached hydrogen (secondary N) is 1. The summed E-state index contributed by atoms with van der Waals surface area (Å²) in [6, 6.07) is 4.42. The quantitative estimate of drug-likeness (QED) is 0.142. The number of phenols is 2. The molecule has 5 atom stereocenters. The van der Waals surface area contributed by atoms with Crippen molar-refractivity contribution in [2.45, 2.75) is 74.8 Å². The number of carbonyl (C=O) groups is 5. The molecule has 3 amide bonds. The van der Waals surface area contributed by atoms with Crippen molar-refractivity contribution in [3.8, 4) is 17.2 Å². The third-order valence-electron chi connectivity index (χ3n) is 9.09. The molecule has 4 aliphatic rings. The maximum atomic E-state index is 13.8. The van der Waals surface area contributed by atoms with Crippen molar-refractivity contribution < 1.29 is 53.5 Å². The first-order valence-electron chi connectivity index (χ1n) is 15.1. The summed E-state index contributed by atoms with van der Waals surface area (Å²) < 4.78 is 17.5. The Morgan fingerprint density at radius 1 is 1.11 bits per heavy atom. The van der Waals surface area contributed by atoms with Crippen molar-refractivity contribution in [1.29, 1.82) is 0 Å². The normalized spacial score (nSPS) is 27.3. The Morgan fingerprint density at radius 2 is 1.85 bits per heavy atom. The van der Waals surface area contributed by atoms with Crippen LogP contribution in [0.25, 0.3) is 0 Å². The number of methoxy groups -OCH3 is 1. The fraction of sp³-hybridized carbons (Fsp3) is 0.469. The number of likely N-dealkylation sites (tertiary alicyclic amines) is 1. The summed E-state index contributed by atoms with van der Waals surface area (Å²) in [4.78, 5) is 66.4. The number of rotatable bonds is 7. The zero-order chi connectivity index (χ0) is 33.1. The number of nitrogens with zero attached hydrogens (tertiary/aromatic N) is 1. The predicted molar refractivity (Wildman–Crippen MR) is 162 cm³/mol. The van der Waals surface area contributed by atoms with Crippen LogP contribution in [0.4, 0.5) is 0 Å². The van der Waals surface area contributed by atoms with Crippen molar-refractivity contribution >= 4 is 41.9 Å².